The maximum absolute atomic E-state index is 15.0. The topological polar surface area (TPSA) is 117 Å². The van der Waals surface area contributed by atoms with E-state index in [2.05, 4.69) is 15.7 Å². The molecular formula is C27H33F4N5O4. The minimum absolute atomic E-state index is 0.0898. The van der Waals surface area contributed by atoms with Crippen LogP contribution >= 0.6 is 0 Å². The summed E-state index contributed by atoms with van der Waals surface area (Å²) in [6, 6.07) is 4.22. The molecule has 13 heteroatoms. The Kier molecular flexibility index (Phi) is 9.12. The van der Waals surface area contributed by atoms with Crippen LogP contribution in [-0.2, 0) is 22.6 Å². The second-order valence-corrected chi connectivity index (χ2v) is 10.4. The van der Waals surface area contributed by atoms with Crippen molar-refractivity contribution in [3.05, 3.63) is 47.5 Å². The molecule has 218 valence electrons. The molecule has 1 heterocycles. The molecule has 1 aromatic heterocycles. The number of aryl methyl sites for hydroxylation is 1. The van der Waals surface area contributed by atoms with E-state index >= 15 is 4.39 Å². The van der Waals surface area contributed by atoms with Gasteiger partial charge in [0.2, 0.25) is 11.8 Å². The third-order valence-corrected chi connectivity index (χ3v) is 7.27. The molecule has 2 aliphatic carbocycles. The fraction of sp³-hybridized carbons (Fsp3) is 0.556. The number of halogens is 4. The molecule has 0 bridgehead atoms. The molecule has 2 fully saturated rings. The van der Waals surface area contributed by atoms with Crippen LogP contribution in [0.5, 0.6) is 0 Å². The summed E-state index contributed by atoms with van der Waals surface area (Å²) >= 11 is 0. The first-order valence-electron chi connectivity index (χ1n) is 13.4. The number of aliphatic hydroxyl groups is 1. The average molecular weight is 568 g/mol. The number of nitrogens with one attached hydrogen (secondary N) is 2. The molecule has 0 saturated heterocycles. The van der Waals surface area contributed by atoms with E-state index in [9.17, 15) is 27.6 Å². The van der Waals surface area contributed by atoms with Crippen LogP contribution in [0.4, 0.5) is 23.2 Å². The predicted octanol–water partition coefficient (Wildman–Crippen LogP) is 3.14. The molecule has 9 nitrogen and oxygen atoms in total. The molecule has 3 N–H and O–H groups in total. The van der Waals surface area contributed by atoms with E-state index < -0.39 is 61.9 Å². The third-order valence-electron chi connectivity index (χ3n) is 7.27. The number of hydrogen-bond donors (Lipinski definition) is 3. The van der Waals surface area contributed by atoms with E-state index in [1.54, 1.807) is 6.07 Å². The predicted molar refractivity (Wildman–Crippen MR) is 137 cm³/mol. The molecule has 0 aliphatic heterocycles. The van der Waals surface area contributed by atoms with Gasteiger partial charge in [-0.3, -0.25) is 19.1 Å². The van der Waals surface area contributed by atoms with Gasteiger partial charge in [-0.25, -0.2) is 4.39 Å². The normalized spacial score (nSPS) is 16.1. The van der Waals surface area contributed by atoms with Gasteiger partial charge in [0.1, 0.15) is 24.1 Å². The summed E-state index contributed by atoms with van der Waals surface area (Å²) in [5.41, 5.74) is 0.246. The highest BCUT2D eigenvalue weighted by molar-refractivity contribution is 6.01. The van der Waals surface area contributed by atoms with Crippen LogP contribution in [0.1, 0.15) is 48.7 Å². The van der Waals surface area contributed by atoms with Gasteiger partial charge in [-0.2, -0.15) is 18.3 Å². The number of nitrogens with zero attached hydrogens (tertiary/aromatic N) is 3. The molecular weight excluding hydrogens is 534 g/mol. The highest BCUT2D eigenvalue weighted by atomic mass is 19.4. The molecule has 0 spiro atoms. The molecule has 2 aromatic rings. The molecule has 1 atom stereocenters. The molecule has 1 unspecified atom stereocenters. The number of rotatable bonds is 13. The summed E-state index contributed by atoms with van der Waals surface area (Å²) < 4.78 is 54.9. The number of alkyl halides is 3. The number of carbonyl (C=O) groups is 3. The summed E-state index contributed by atoms with van der Waals surface area (Å²) in [5, 5.41) is 18.5. The van der Waals surface area contributed by atoms with Crippen molar-refractivity contribution in [1.82, 2.24) is 20.0 Å². The Morgan fingerprint density at radius 1 is 1.15 bits per heavy atom. The van der Waals surface area contributed by atoms with Gasteiger partial charge < -0.3 is 20.6 Å². The molecule has 4 rings (SSSR count). The van der Waals surface area contributed by atoms with Crippen LogP contribution < -0.4 is 10.6 Å². The monoisotopic (exact) mass is 567 g/mol. The van der Waals surface area contributed by atoms with Crippen LogP contribution in [0.3, 0.4) is 0 Å². The van der Waals surface area contributed by atoms with Crippen molar-refractivity contribution < 1.29 is 37.1 Å². The Morgan fingerprint density at radius 3 is 2.38 bits per heavy atom. The summed E-state index contributed by atoms with van der Waals surface area (Å²) in [4.78, 5) is 39.4. The Labute approximate surface area is 228 Å². The first-order valence-corrected chi connectivity index (χ1v) is 13.4. The molecule has 2 aliphatic rings. The van der Waals surface area contributed by atoms with Gasteiger partial charge in [-0.1, -0.05) is 6.07 Å². The molecule has 3 amide bonds. The van der Waals surface area contributed by atoms with E-state index in [4.69, 9.17) is 5.11 Å². The number of aliphatic hydroxyl groups excluding tert-OH is 1. The highest BCUT2D eigenvalue weighted by Gasteiger charge is 2.48. The largest absolute Gasteiger partial charge is 0.406 e. The highest BCUT2D eigenvalue weighted by Crippen LogP contribution is 2.51. The van der Waals surface area contributed by atoms with Crippen molar-refractivity contribution in [1.29, 1.82) is 0 Å². The SMILES string of the molecule is CCn1nccc1C(=O)NC(C(=O)Nc1ccc(CC(=O)N(CCO)CC(F)(F)F)cc1F)C(C1CC1)C1CC1. The number of carbonyl (C=O) groups excluding carboxylic acids is 3. The van der Waals surface area contributed by atoms with Gasteiger partial charge in [0.05, 0.1) is 18.7 Å². The van der Waals surface area contributed by atoms with Crippen molar-refractivity contribution in [2.24, 2.45) is 17.8 Å². The fourth-order valence-electron chi connectivity index (χ4n) is 5.12. The van der Waals surface area contributed by atoms with Gasteiger partial charge in [0.25, 0.3) is 5.91 Å². The van der Waals surface area contributed by atoms with Crippen LogP contribution in [0, 0.1) is 23.6 Å². The van der Waals surface area contributed by atoms with Crippen LogP contribution in [0.15, 0.2) is 30.5 Å². The Balaban J connectivity index is 1.48. The second kappa shape index (κ2) is 12.4. The van der Waals surface area contributed by atoms with Gasteiger partial charge in [-0.15, -0.1) is 0 Å². The zero-order valence-corrected chi connectivity index (χ0v) is 22.1. The minimum atomic E-state index is -4.65. The minimum Gasteiger partial charge on any atom is -0.395 e. The lowest BCUT2D eigenvalue weighted by Crippen LogP contribution is -2.50. The zero-order chi connectivity index (χ0) is 29.0. The van der Waals surface area contributed by atoms with E-state index in [-0.39, 0.29) is 29.0 Å². The molecule has 0 radical (unpaired) electrons. The van der Waals surface area contributed by atoms with Crippen molar-refractivity contribution in [3.63, 3.8) is 0 Å². The van der Waals surface area contributed by atoms with E-state index in [1.165, 1.54) is 23.0 Å². The maximum Gasteiger partial charge on any atom is 0.406 e. The number of aromatic nitrogens is 2. The lowest BCUT2D eigenvalue weighted by atomic mass is 9.88. The van der Waals surface area contributed by atoms with Crippen LogP contribution in [0.2, 0.25) is 0 Å². The van der Waals surface area contributed by atoms with Crippen molar-refractivity contribution in [2.45, 2.75) is 57.8 Å². The summed E-state index contributed by atoms with van der Waals surface area (Å²) in [6.07, 6.45) is 0.139. The fourth-order valence-corrected chi connectivity index (χ4v) is 5.12. The van der Waals surface area contributed by atoms with Crippen LogP contribution in [-0.4, -0.2) is 69.4 Å². The van der Waals surface area contributed by atoms with Gasteiger partial charge in [-0.05, 0) is 74.1 Å². The number of hydrogen-bond acceptors (Lipinski definition) is 5. The summed E-state index contributed by atoms with van der Waals surface area (Å²) in [5.74, 6) is -2.32. The number of anilines is 1. The maximum atomic E-state index is 15.0. The van der Waals surface area contributed by atoms with Crippen LogP contribution in [0.25, 0.3) is 0 Å². The van der Waals surface area contributed by atoms with E-state index in [1.807, 2.05) is 6.92 Å². The first kappa shape index (κ1) is 29.5. The van der Waals surface area contributed by atoms with Crippen molar-refractivity contribution >= 4 is 23.4 Å². The smallest absolute Gasteiger partial charge is 0.395 e. The second-order valence-electron chi connectivity index (χ2n) is 10.4. The zero-order valence-electron chi connectivity index (χ0n) is 22.1. The van der Waals surface area contributed by atoms with Crippen molar-refractivity contribution in [3.8, 4) is 0 Å². The van der Waals surface area contributed by atoms with E-state index in [0.29, 0.717) is 17.1 Å². The average Bonchev–Trinajstić information content (AvgIpc) is 3.83. The Morgan fingerprint density at radius 2 is 1.82 bits per heavy atom. The standard InChI is InChI=1S/C27H33F4N5O4/c1-2-36-21(9-10-32-36)25(39)34-24(23(17-4-5-17)18-6-7-18)26(40)33-20-8-3-16(13-19(20)28)14-22(38)35(11-12-37)15-27(29,30)31/h3,8-10,13,17-18,23-24,37H,2,4-7,11-12,14-15H2,1H3,(H,33,40)(H,34,39). The summed E-state index contributed by atoms with van der Waals surface area (Å²) in [6.45, 7) is -0.383. The molecule has 40 heavy (non-hydrogen) atoms. The van der Waals surface area contributed by atoms with Gasteiger partial charge in [0, 0.05) is 19.3 Å². The Hall–Kier alpha value is -3.48. The van der Waals surface area contributed by atoms with Gasteiger partial charge in [0.15, 0.2) is 0 Å². The van der Waals surface area contributed by atoms with Gasteiger partial charge >= 0.3 is 6.18 Å². The van der Waals surface area contributed by atoms with Crippen molar-refractivity contribution in [2.75, 3.05) is 25.0 Å². The lowest BCUT2D eigenvalue weighted by molar-refractivity contribution is -0.161. The number of amides is 3. The molecule has 1 aromatic carbocycles. The Bertz CT molecular complexity index is 1210. The van der Waals surface area contributed by atoms with E-state index in [0.717, 1.165) is 31.7 Å². The lowest BCUT2D eigenvalue weighted by Gasteiger charge is -2.27. The quantitative estimate of drug-likeness (QED) is 0.322. The summed E-state index contributed by atoms with van der Waals surface area (Å²) in [7, 11) is 0. The number of benzene rings is 1. The first-order chi connectivity index (χ1) is 19.0. The molecule has 2 saturated carbocycles. The third kappa shape index (κ3) is 7.58.